The second-order valence-electron chi connectivity index (χ2n) is 6.06. The van der Waals surface area contributed by atoms with Gasteiger partial charge in [-0.05, 0) is 49.9 Å². The first-order chi connectivity index (χ1) is 10.0. The van der Waals surface area contributed by atoms with E-state index >= 15 is 0 Å². The van der Waals surface area contributed by atoms with E-state index in [1.807, 2.05) is 36.5 Å². The number of para-hydroxylation sites is 1. The predicted octanol–water partition coefficient (Wildman–Crippen LogP) is 4.98. The van der Waals surface area contributed by atoms with Crippen LogP contribution in [0.3, 0.4) is 0 Å². The molecule has 0 aliphatic heterocycles. The number of hydrogen-bond acceptors (Lipinski definition) is 3. The number of aromatic nitrogens is 1. The number of benzene rings is 1. The first-order valence-corrected chi connectivity index (χ1v) is 7.60. The molecule has 3 heteroatoms. The summed E-state index contributed by atoms with van der Waals surface area (Å²) >= 11 is 0. The standard InChI is InChI=1S/C18H25N3/c1-13(2)10-15(4)20-17-11-14(3)18(19-12-17)21-16-8-6-5-7-9-16/h5-9,11-13,15,20H,10H2,1-4H3,(H,19,21). The van der Waals surface area contributed by atoms with Crippen LogP contribution in [0.5, 0.6) is 0 Å². The highest BCUT2D eigenvalue weighted by molar-refractivity contribution is 5.61. The molecule has 2 N–H and O–H groups in total. The second kappa shape index (κ2) is 7.11. The zero-order valence-electron chi connectivity index (χ0n) is 13.4. The molecule has 1 aromatic heterocycles. The lowest BCUT2D eigenvalue weighted by molar-refractivity contribution is 0.539. The summed E-state index contributed by atoms with van der Waals surface area (Å²) in [6.45, 7) is 8.78. The molecule has 0 spiro atoms. The van der Waals surface area contributed by atoms with Crippen LogP contribution in [0.25, 0.3) is 0 Å². The van der Waals surface area contributed by atoms with Gasteiger partial charge in [0.25, 0.3) is 0 Å². The summed E-state index contributed by atoms with van der Waals surface area (Å²) in [7, 11) is 0. The minimum atomic E-state index is 0.458. The highest BCUT2D eigenvalue weighted by atomic mass is 15.0. The Morgan fingerprint density at radius 2 is 1.76 bits per heavy atom. The smallest absolute Gasteiger partial charge is 0.133 e. The van der Waals surface area contributed by atoms with E-state index in [-0.39, 0.29) is 0 Å². The molecular formula is C18H25N3. The topological polar surface area (TPSA) is 37.0 Å². The number of nitrogens with one attached hydrogen (secondary N) is 2. The van der Waals surface area contributed by atoms with Gasteiger partial charge in [-0.25, -0.2) is 4.98 Å². The van der Waals surface area contributed by atoms with Crippen molar-refractivity contribution in [1.82, 2.24) is 4.98 Å². The molecule has 0 bridgehead atoms. The van der Waals surface area contributed by atoms with Crippen LogP contribution in [0, 0.1) is 12.8 Å². The van der Waals surface area contributed by atoms with Gasteiger partial charge < -0.3 is 10.6 Å². The van der Waals surface area contributed by atoms with Crippen LogP contribution >= 0.6 is 0 Å². The molecule has 1 aromatic carbocycles. The zero-order valence-corrected chi connectivity index (χ0v) is 13.4. The van der Waals surface area contributed by atoms with Crippen molar-refractivity contribution in [2.75, 3.05) is 10.6 Å². The summed E-state index contributed by atoms with van der Waals surface area (Å²) in [5.74, 6) is 1.60. The van der Waals surface area contributed by atoms with Crippen LogP contribution in [0.4, 0.5) is 17.2 Å². The molecule has 1 heterocycles. The molecule has 0 aliphatic carbocycles. The van der Waals surface area contributed by atoms with Gasteiger partial charge in [-0.1, -0.05) is 32.0 Å². The number of pyridine rings is 1. The maximum atomic E-state index is 4.53. The van der Waals surface area contributed by atoms with Crippen LogP contribution < -0.4 is 10.6 Å². The van der Waals surface area contributed by atoms with Crippen molar-refractivity contribution < 1.29 is 0 Å². The largest absolute Gasteiger partial charge is 0.381 e. The van der Waals surface area contributed by atoms with Gasteiger partial charge in [0, 0.05) is 11.7 Å². The van der Waals surface area contributed by atoms with E-state index in [2.05, 4.69) is 49.4 Å². The van der Waals surface area contributed by atoms with Crippen LogP contribution in [0.2, 0.25) is 0 Å². The van der Waals surface area contributed by atoms with E-state index in [0.717, 1.165) is 29.2 Å². The third-order valence-electron chi connectivity index (χ3n) is 3.35. The van der Waals surface area contributed by atoms with Gasteiger partial charge in [0.05, 0.1) is 11.9 Å². The molecule has 3 nitrogen and oxygen atoms in total. The molecular weight excluding hydrogens is 258 g/mol. The number of nitrogens with zero attached hydrogens (tertiary/aromatic N) is 1. The van der Waals surface area contributed by atoms with Crippen LogP contribution in [0.15, 0.2) is 42.6 Å². The Morgan fingerprint density at radius 3 is 2.38 bits per heavy atom. The fourth-order valence-electron chi connectivity index (χ4n) is 2.49. The number of rotatable bonds is 6. The van der Waals surface area contributed by atoms with Gasteiger partial charge in [0.15, 0.2) is 0 Å². The molecule has 0 amide bonds. The summed E-state index contributed by atoms with van der Waals surface area (Å²) in [6.07, 6.45) is 3.05. The summed E-state index contributed by atoms with van der Waals surface area (Å²) < 4.78 is 0. The first kappa shape index (κ1) is 15.4. The molecule has 0 fully saturated rings. The monoisotopic (exact) mass is 283 g/mol. The number of aryl methyl sites for hydroxylation is 1. The summed E-state index contributed by atoms with van der Waals surface area (Å²) in [5, 5.41) is 6.86. The summed E-state index contributed by atoms with van der Waals surface area (Å²) in [4.78, 5) is 4.53. The maximum absolute atomic E-state index is 4.53. The van der Waals surface area contributed by atoms with Gasteiger partial charge in [-0.2, -0.15) is 0 Å². The highest BCUT2D eigenvalue weighted by Gasteiger charge is 2.07. The van der Waals surface area contributed by atoms with E-state index in [0.29, 0.717) is 12.0 Å². The van der Waals surface area contributed by atoms with Crippen LogP contribution in [-0.2, 0) is 0 Å². The van der Waals surface area contributed by atoms with Gasteiger partial charge >= 0.3 is 0 Å². The van der Waals surface area contributed by atoms with E-state index in [4.69, 9.17) is 0 Å². The van der Waals surface area contributed by atoms with E-state index in [9.17, 15) is 0 Å². The van der Waals surface area contributed by atoms with Crippen LogP contribution in [0.1, 0.15) is 32.8 Å². The molecule has 0 aliphatic rings. The van der Waals surface area contributed by atoms with Crippen LogP contribution in [-0.4, -0.2) is 11.0 Å². The molecule has 112 valence electrons. The Hall–Kier alpha value is -2.03. The lowest BCUT2D eigenvalue weighted by Gasteiger charge is -2.18. The SMILES string of the molecule is Cc1cc(NC(C)CC(C)C)cnc1Nc1ccccc1. The second-order valence-corrected chi connectivity index (χ2v) is 6.06. The van der Waals surface area contributed by atoms with Crippen molar-refractivity contribution in [3.63, 3.8) is 0 Å². The number of anilines is 3. The minimum absolute atomic E-state index is 0.458. The Morgan fingerprint density at radius 1 is 1.05 bits per heavy atom. The molecule has 1 atom stereocenters. The average Bonchev–Trinajstić information content (AvgIpc) is 2.42. The molecule has 0 saturated carbocycles. The van der Waals surface area contributed by atoms with Gasteiger partial charge in [0.1, 0.15) is 5.82 Å². The van der Waals surface area contributed by atoms with Gasteiger partial charge in [0.2, 0.25) is 0 Å². The van der Waals surface area contributed by atoms with Crippen molar-refractivity contribution in [2.24, 2.45) is 5.92 Å². The van der Waals surface area contributed by atoms with Crippen molar-refractivity contribution in [2.45, 2.75) is 40.2 Å². The molecule has 2 rings (SSSR count). The van der Waals surface area contributed by atoms with E-state index in [1.165, 1.54) is 0 Å². The fourth-order valence-corrected chi connectivity index (χ4v) is 2.49. The molecule has 0 radical (unpaired) electrons. The predicted molar refractivity (Wildman–Crippen MR) is 91.2 cm³/mol. The van der Waals surface area contributed by atoms with Gasteiger partial charge in [-0.15, -0.1) is 0 Å². The lowest BCUT2D eigenvalue weighted by atomic mass is 10.1. The Balaban J connectivity index is 2.04. The first-order valence-electron chi connectivity index (χ1n) is 7.60. The molecule has 2 aromatic rings. The Labute approximate surface area is 127 Å². The van der Waals surface area contributed by atoms with E-state index < -0.39 is 0 Å². The third-order valence-corrected chi connectivity index (χ3v) is 3.35. The quantitative estimate of drug-likeness (QED) is 0.785. The average molecular weight is 283 g/mol. The Bertz CT molecular complexity index is 564. The van der Waals surface area contributed by atoms with Crippen molar-refractivity contribution in [3.8, 4) is 0 Å². The van der Waals surface area contributed by atoms with Gasteiger partial charge in [-0.3, -0.25) is 0 Å². The normalized spacial score (nSPS) is 12.2. The van der Waals surface area contributed by atoms with Crippen molar-refractivity contribution >= 4 is 17.2 Å². The highest BCUT2D eigenvalue weighted by Crippen LogP contribution is 2.21. The summed E-state index contributed by atoms with van der Waals surface area (Å²) in [6, 6.07) is 12.7. The third kappa shape index (κ3) is 4.78. The molecule has 0 saturated heterocycles. The molecule has 1 unspecified atom stereocenters. The summed E-state index contributed by atoms with van der Waals surface area (Å²) in [5.41, 5.74) is 3.28. The lowest BCUT2D eigenvalue weighted by Crippen LogP contribution is -2.17. The maximum Gasteiger partial charge on any atom is 0.133 e. The zero-order chi connectivity index (χ0) is 15.2. The molecule has 21 heavy (non-hydrogen) atoms. The van der Waals surface area contributed by atoms with Crippen molar-refractivity contribution in [3.05, 3.63) is 48.2 Å². The Kier molecular flexibility index (Phi) is 5.20. The minimum Gasteiger partial charge on any atom is -0.381 e. The van der Waals surface area contributed by atoms with Crippen molar-refractivity contribution in [1.29, 1.82) is 0 Å². The fraction of sp³-hybridized carbons (Fsp3) is 0.389. The van der Waals surface area contributed by atoms with E-state index in [1.54, 1.807) is 0 Å². The number of hydrogen-bond donors (Lipinski definition) is 2.